The Labute approximate surface area is 178 Å². The van der Waals surface area contributed by atoms with Crippen LogP contribution in [0.25, 0.3) is 6.08 Å². The maximum atomic E-state index is 12.5. The predicted octanol–water partition coefficient (Wildman–Crippen LogP) is 4.90. The van der Waals surface area contributed by atoms with E-state index >= 15 is 0 Å². The lowest BCUT2D eigenvalue weighted by atomic mass is 10.1. The molecule has 29 heavy (non-hydrogen) atoms. The van der Waals surface area contributed by atoms with E-state index in [1.54, 1.807) is 12.3 Å². The molecule has 3 aromatic rings. The second kappa shape index (κ2) is 9.67. The zero-order valence-corrected chi connectivity index (χ0v) is 17.8. The molecule has 0 aliphatic rings. The normalized spacial score (nSPS) is 11.1. The van der Waals surface area contributed by atoms with Gasteiger partial charge in [0.25, 0.3) is 0 Å². The molecule has 0 unspecified atom stereocenters. The number of halogens is 1. The number of rotatable bonds is 8. The van der Waals surface area contributed by atoms with E-state index in [2.05, 4.69) is 9.55 Å². The molecular formula is C22H21ClN2O3S. The van der Waals surface area contributed by atoms with Crippen molar-refractivity contribution in [2.75, 3.05) is 6.61 Å². The summed E-state index contributed by atoms with van der Waals surface area (Å²) >= 11 is 7.34. The minimum absolute atomic E-state index is 0.216. The van der Waals surface area contributed by atoms with E-state index in [4.69, 9.17) is 16.3 Å². The van der Waals surface area contributed by atoms with Crippen molar-refractivity contribution in [3.05, 3.63) is 80.5 Å². The number of ether oxygens (including phenoxy) is 1. The highest BCUT2D eigenvalue weighted by Gasteiger charge is 2.17. The van der Waals surface area contributed by atoms with Crippen molar-refractivity contribution in [2.24, 2.45) is 0 Å². The van der Waals surface area contributed by atoms with Gasteiger partial charge < -0.3 is 9.30 Å². The van der Waals surface area contributed by atoms with E-state index in [1.165, 1.54) is 23.0 Å². The number of carbonyl (C=O) groups excluding carboxylic acids is 2. The third kappa shape index (κ3) is 5.65. The first-order chi connectivity index (χ1) is 13.9. The molecule has 0 saturated carbocycles. The smallest absolute Gasteiger partial charge is 0.331 e. The highest BCUT2D eigenvalue weighted by molar-refractivity contribution is 7.10. The molecule has 7 heteroatoms. The first-order valence-electron chi connectivity index (χ1n) is 9.12. The van der Waals surface area contributed by atoms with E-state index in [1.807, 2.05) is 49.6 Å². The van der Waals surface area contributed by atoms with Crippen LogP contribution in [0.15, 0.2) is 48.0 Å². The summed E-state index contributed by atoms with van der Waals surface area (Å²) in [6.45, 7) is 4.34. The third-order valence-electron chi connectivity index (χ3n) is 4.57. The van der Waals surface area contributed by atoms with Crippen LogP contribution in [0.4, 0.5) is 0 Å². The average molecular weight is 429 g/mol. The number of esters is 1. The lowest BCUT2D eigenvalue weighted by Crippen LogP contribution is -2.14. The summed E-state index contributed by atoms with van der Waals surface area (Å²) in [5, 5.41) is 3.24. The molecule has 5 nitrogen and oxygen atoms in total. The molecule has 1 aromatic carbocycles. The Morgan fingerprint density at radius 2 is 2.00 bits per heavy atom. The van der Waals surface area contributed by atoms with E-state index in [-0.39, 0.29) is 12.4 Å². The van der Waals surface area contributed by atoms with Crippen LogP contribution in [0, 0.1) is 13.8 Å². The second-order valence-electron chi connectivity index (χ2n) is 6.55. The summed E-state index contributed by atoms with van der Waals surface area (Å²) in [7, 11) is 0. The molecule has 0 atom stereocenters. The molecule has 2 heterocycles. The van der Waals surface area contributed by atoms with Crippen LogP contribution < -0.4 is 0 Å². The Balaban J connectivity index is 1.58. The SMILES string of the molecule is Cc1cc(C(=O)COC(=O)C=Cc2nccs2)c(C)n1CCc1ccc(Cl)cc1. The van der Waals surface area contributed by atoms with Gasteiger partial charge in [-0.25, -0.2) is 9.78 Å². The van der Waals surface area contributed by atoms with Gasteiger partial charge in [-0.15, -0.1) is 11.3 Å². The van der Waals surface area contributed by atoms with Gasteiger partial charge in [-0.05, 0) is 50.1 Å². The van der Waals surface area contributed by atoms with Crippen molar-refractivity contribution in [1.29, 1.82) is 0 Å². The average Bonchev–Trinajstić information content (AvgIpc) is 3.32. The molecule has 0 N–H and O–H groups in total. The zero-order chi connectivity index (χ0) is 20.8. The van der Waals surface area contributed by atoms with Gasteiger partial charge in [0.15, 0.2) is 6.61 Å². The van der Waals surface area contributed by atoms with Crippen LogP contribution in [0.2, 0.25) is 5.02 Å². The summed E-state index contributed by atoms with van der Waals surface area (Å²) < 4.78 is 7.18. The highest BCUT2D eigenvalue weighted by atomic mass is 35.5. The quantitative estimate of drug-likeness (QED) is 0.291. The Kier molecular flexibility index (Phi) is 7.01. The highest BCUT2D eigenvalue weighted by Crippen LogP contribution is 2.18. The van der Waals surface area contributed by atoms with Crippen LogP contribution in [0.3, 0.4) is 0 Å². The number of carbonyl (C=O) groups is 2. The van der Waals surface area contributed by atoms with E-state index < -0.39 is 5.97 Å². The Morgan fingerprint density at radius 1 is 1.24 bits per heavy atom. The van der Waals surface area contributed by atoms with Gasteiger partial charge in [-0.3, -0.25) is 4.79 Å². The minimum atomic E-state index is -0.565. The lowest BCUT2D eigenvalue weighted by molar-refractivity contribution is -0.136. The Hall–Kier alpha value is -2.70. The molecule has 0 fully saturated rings. The van der Waals surface area contributed by atoms with Gasteiger partial charge >= 0.3 is 5.97 Å². The Morgan fingerprint density at radius 3 is 2.69 bits per heavy atom. The lowest BCUT2D eigenvalue weighted by Gasteiger charge is -2.10. The molecule has 0 spiro atoms. The number of thiazole rings is 1. The second-order valence-corrected chi connectivity index (χ2v) is 7.91. The maximum Gasteiger partial charge on any atom is 0.331 e. The molecule has 2 aromatic heterocycles. The topological polar surface area (TPSA) is 61.2 Å². The monoisotopic (exact) mass is 428 g/mol. The van der Waals surface area contributed by atoms with Crippen LogP contribution in [-0.4, -0.2) is 27.9 Å². The standard InChI is InChI=1S/C22H21ClN2O3S/c1-15-13-19(16(2)25(15)11-9-17-3-5-18(23)6-4-17)20(26)14-28-22(27)8-7-21-24-10-12-29-21/h3-8,10,12-13H,9,11,14H2,1-2H3. The molecule has 0 amide bonds. The zero-order valence-electron chi connectivity index (χ0n) is 16.2. The molecule has 0 bridgehead atoms. The van der Waals surface area contributed by atoms with Crippen LogP contribution in [-0.2, 0) is 22.5 Å². The number of benzene rings is 1. The van der Waals surface area contributed by atoms with Crippen molar-refractivity contribution < 1.29 is 14.3 Å². The van der Waals surface area contributed by atoms with E-state index in [0.29, 0.717) is 15.6 Å². The van der Waals surface area contributed by atoms with Gasteiger partial charge in [0, 0.05) is 46.2 Å². The van der Waals surface area contributed by atoms with Gasteiger partial charge in [0.2, 0.25) is 5.78 Å². The Bertz CT molecular complexity index is 1020. The fraction of sp³-hybridized carbons (Fsp3) is 0.227. The fourth-order valence-electron chi connectivity index (χ4n) is 3.04. The number of aryl methyl sites for hydroxylation is 2. The summed E-state index contributed by atoms with van der Waals surface area (Å²) in [6.07, 6.45) is 5.33. The van der Waals surface area contributed by atoms with E-state index in [0.717, 1.165) is 24.4 Å². The van der Waals surface area contributed by atoms with E-state index in [9.17, 15) is 9.59 Å². The molecule has 0 saturated heterocycles. The summed E-state index contributed by atoms with van der Waals surface area (Å²) in [5.74, 6) is -0.781. The number of aromatic nitrogens is 2. The third-order valence-corrected chi connectivity index (χ3v) is 5.56. The molecule has 0 radical (unpaired) electrons. The van der Waals surface area contributed by atoms with Gasteiger partial charge in [0.1, 0.15) is 5.01 Å². The number of hydrogen-bond donors (Lipinski definition) is 0. The number of ketones is 1. The number of Topliss-reactive ketones (excluding diaryl/α,β-unsaturated/α-hetero) is 1. The maximum absolute atomic E-state index is 12.5. The molecule has 0 aliphatic heterocycles. The largest absolute Gasteiger partial charge is 0.454 e. The van der Waals surface area contributed by atoms with Crippen molar-refractivity contribution in [2.45, 2.75) is 26.8 Å². The molecule has 0 aliphatic carbocycles. The first-order valence-corrected chi connectivity index (χ1v) is 10.4. The van der Waals surface area contributed by atoms with Gasteiger partial charge in [-0.2, -0.15) is 0 Å². The van der Waals surface area contributed by atoms with Crippen LogP contribution >= 0.6 is 22.9 Å². The van der Waals surface area contributed by atoms with Crippen molar-refractivity contribution >= 4 is 40.8 Å². The number of hydrogen-bond acceptors (Lipinski definition) is 5. The molecule has 3 rings (SSSR count). The fourth-order valence-corrected chi connectivity index (χ4v) is 3.69. The van der Waals surface area contributed by atoms with Crippen LogP contribution in [0.5, 0.6) is 0 Å². The predicted molar refractivity (Wildman–Crippen MR) is 115 cm³/mol. The minimum Gasteiger partial charge on any atom is -0.454 e. The summed E-state index contributed by atoms with van der Waals surface area (Å²) in [4.78, 5) is 28.4. The molecular weight excluding hydrogens is 408 g/mol. The van der Waals surface area contributed by atoms with Gasteiger partial charge in [0.05, 0.1) is 0 Å². The first kappa shape index (κ1) is 21.0. The van der Waals surface area contributed by atoms with Crippen molar-refractivity contribution in [3.63, 3.8) is 0 Å². The van der Waals surface area contributed by atoms with Crippen LogP contribution in [0.1, 0.15) is 32.3 Å². The van der Waals surface area contributed by atoms with Crippen molar-refractivity contribution in [3.8, 4) is 0 Å². The number of nitrogens with zero attached hydrogens (tertiary/aromatic N) is 2. The summed E-state index contributed by atoms with van der Waals surface area (Å²) in [6, 6.07) is 9.60. The summed E-state index contributed by atoms with van der Waals surface area (Å²) in [5.41, 5.74) is 3.62. The van der Waals surface area contributed by atoms with Gasteiger partial charge in [-0.1, -0.05) is 23.7 Å². The van der Waals surface area contributed by atoms with Crippen molar-refractivity contribution in [1.82, 2.24) is 9.55 Å². The molecule has 150 valence electrons.